The summed E-state index contributed by atoms with van der Waals surface area (Å²) >= 11 is 2.75. The molecule has 3 nitrogen and oxygen atoms in total. The predicted molar refractivity (Wildman–Crippen MR) is 53.8 cm³/mol. The zero-order chi connectivity index (χ0) is 12.5. The average Bonchev–Trinajstić information content (AvgIpc) is 2.07. The van der Waals surface area contributed by atoms with Crippen LogP contribution in [0.1, 0.15) is 0 Å². The lowest BCUT2D eigenvalue weighted by Crippen LogP contribution is -2.04. The lowest BCUT2D eigenvalue weighted by Gasteiger charge is -2.08. The molecule has 0 unspecified atom stereocenters. The Kier molecular flexibility index (Phi) is 4.08. The summed E-state index contributed by atoms with van der Waals surface area (Å²) in [4.78, 5) is -0.817. The fraction of sp³-hybridized carbons (Fsp3) is 0.143. The molecule has 0 bridgehead atoms. The molecule has 90 valence electrons. The van der Waals surface area contributed by atoms with Crippen molar-refractivity contribution in [3.63, 3.8) is 0 Å². The summed E-state index contributed by atoms with van der Waals surface area (Å²) in [6.45, 7) is -3.14. The van der Waals surface area contributed by atoms with Crippen molar-refractivity contribution < 1.29 is 26.3 Å². The van der Waals surface area contributed by atoms with Gasteiger partial charge in [-0.15, -0.1) is 0 Å². The molecule has 0 heterocycles. The molecule has 16 heavy (non-hydrogen) atoms. The van der Waals surface area contributed by atoms with E-state index < -0.39 is 32.1 Å². The number of alkyl halides is 2. The maximum Gasteiger partial charge on any atom is 0.387 e. The summed E-state index contributed by atoms with van der Waals surface area (Å²) < 4.78 is 62.4. The highest BCUT2D eigenvalue weighted by Gasteiger charge is 2.20. The van der Waals surface area contributed by atoms with Crippen LogP contribution in [0.25, 0.3) is 0 Å². The summed E-state index contributed by atoms with van der Waals surface area (Å²) in [5, 5.41) is 0. The Labute approximate surface area is 102 Å². The second-order valence-corrected chi connectivity index (χ2v) is 5.92. The van der Waals surface area contributed by atoms with Crippen molar-refractivity contribution >= 4 is 35.7 Å². The molecule has 0 spiro atoms. The molecule has 0 aliphatic heterocycles. The van der Waals surface area contributed by atoms with Gasteiger partial charge in [-0.25, -0.2) is 12.8 Å². The lowest BCUT2D eigenvalue weighted by molar-refractivity contribution is -0.0505. The van der Waals surface area contributed by atoms with Crippen LogP contribution in [-0.4, -0.2) is 15.0 Å². The predicted octanol–water partition coefficient (Wildman–Crippen LogP) is 3.12. The van der Waals surface area contributed by atoms with Gasteiger partial charge in [0.25, 0.3) is 9.05 Å². The molecule has 0 aliphatic rings. The third kappa shape index (κ3) is 3.26. The quantitative estimate of drug-likeness (QED) is 0.795. The maximum atomic E-state index is 13.2. The molecular weight excluding hydrogens is 336 g/mol. The van der Waals surface area contributed by atoms with Crippen LogP contribution in [0.15, 0.2) is 21.5 Å². The van der Waals surface area contributed by atoms with E-state index in [0.29, 0.717) is 6.07 Å². The lowest BCUT2D eigenvalue weighted by atomic mass is 10.3. The van der Waals surface area contributed by atoms with Gasteiger partial charge < -0.3 is 4.74 Å². The van der Waals surface area contributed by atoms with Gasteiger partial charge in [0.1, 0.15) is 16.5 Å². The highest BCUT2D eigenvalue weighted by atomic mass is 79.9. The second-order valence-electron chi connectivity index (χ2n) is 2.53. The molecule has 0 radical (unpaired) electrons. The van der Waals surface area contributed by atoms with Crippen LogP contribution < -0.4 is 4.74 Å². The molecule has 0 aromatic heterocycles. The monoisotopic (exact) mass is 338 g/mol. The topological polar surface area (TPSA) is 43.4 Å². The zero-order valence-electron chi connectivity index (χ0n) is 7.25. The minimum absolute atomic E-state index is 0.145. The highest BCUT2D eigenvalue weighted by molar-refractivity contribution is 9.10. The van der Waals surface area contributed by atoms with Crippen molar-refractivity contribution in [3.05, 3.63) is 22.4 Å². The van der Waals surface area contributed by atoms with Gasteiger partial charge in [0.15, 0.2) is 0 Å². The molecule has 0 atom stereocenters. The Hall–Kier alpha value is -0.470. The first kappa shape index (κ1) is 13.6. The van der Waals surface area contributed by atoms with E-state index in [9.17, 15) is 21.6 Å². The molecule has 1 aromatic carbocycles. The van der Waals surface area contributed by atoms with Crippen molar-refractivity contribution in [2.24, 2.45) is 0 Å². The molecule has 0 aliphatic carbocycles. The van der Waals surface area contributed by atoms with Crippen molar-refractivity contribution in [2.75, 3.05) is 0 Å². The van der Waals surface area contributed by atoms with Gasteiger partial charge in [0, 0.05) is 16.7 Å². The summed E-state index contributed by atoms with van der Waals surface area (Å²) in [6.07, 6.45) is 0. The number of benzene rings is 1. The third-order valence-corrected chi connectivity index (χ3v) is 3.42. The summed E-state index contributed by atoms with van der Waals surface area (Å²) in [7, 11) is 0.639. The fourth-order valence-corrected chi connectivity index (χ4v) is 2.38. The fourth-order valence-electron chi connectivity index (χ4n) is 0.883. The van der Waals surface area contributed by atoms with Crippen molar-refractivity contribution in [1.29, 1.82) is 0 Å². The van der Waals surface area contributed by atoms with Gasteiger partial charge in [-0.05, 0) is 22.0 Å². The van der Waals surface area contributed by atoms with Crippen LogP contribution >= 0.6 is 26.6 Å². The Morgan fingerprint density at radius 2 is 1.94 bits per heavy atom. The van der Waals surface area contributed by atoms with Gasteiger partial charge in [-0.2, -0.15) is 8.78 Å². The second kappa shape index (κ2) is 4.80. The largest absolute Gasteiger partial charge is 0.434 e. The van der Waals surface area contributed by atoms with Crippen LogP contribution in [0.3, 0.4) is 0 Å². The molecule has 0 saturated heterocycles. The first-order chi connectivity index (χ1) is 7.21. The summed E-state index contributed by atoms with van der Waals surface area (Å²) in [5.74, 6) is -1.79. The maximum absolute atomic E-state index is 13.2. The van der Waals surface area contributed by atoms with Crippen molar-refractivity contribution in [1.82, 2.24) is 0 Å². The first-order valence-corrected chi connectivity index (χ1v) is 6.70. The van der Waals surface area contributed by atoms with E-state index in [1.807, 2.05) is 0 Å². The number of hydrogen-bond donors (Lipinski definition) is 0. The first-order valence-electron chi connectivity index (χ1n) is 3.60. The Balaban J connectivity index is 3.28. The van der Waals surface area contributed by atoms with Crippen LogP contribution in [0.2, 0.25) is 0 Å². The number of rotatable bonds is 3. The molecule has 0 saturated carbocycles. The van der Waals surface area contributed by atoms with E-state index in [1.165, 1.54) is 0 Å². The molecule has 0 amide bonds. The van der Waals surface area contributed by atoms with Crippen molar-refractivity contribution in [2.45, 2.75) is 11.5 Å². The molecule has 9 heteroatoms. The van der Waals surface area contributed by atoms with Crippen LogP contribution in [0, 0.1) is 5.82 Å². The van der Waals surface area contributed by atoms with Crippen molar-refractivity contribution in [3.8, 4) is 5.75 Å². The molecule has 0 N–H and O–H groups in total. The van der Waals surface area contributed by atoms with Gasteiger partial charge in [0.05, 0.1) is 4.47 Å². The van der Waals surface area contributed by atoms with E-state index in [0.717, 1.165) is 6.07 Å². The number of ether oxygens (including phenoxy) is 1. The third-order valence-electron chi connectivity index (χ3n) is 1.47. The standard InChI is InChI=1S/C7H3BrClF3O3S/c8-3-1-6(16(9,13)14)4(10)2-5(3)15-7(11)12/h1-2,7H. The zero-order valence-corrected chi connectivity index (χ0v) is 10.4. The highest BCUT2D eigenvalue weighted by Crippen LogP contribution is 2.32. The molecular formula is C7H3BrClF3O3S. The molecule has 1 aromatic rings. The van der Waals surface area contributed by atoms with E-state index in [-0.39, 0.29) is 4.47 Å². The Bertz CT molecular complexity index is 506. The smallest absolute Gasteiger partial charge is 0.387 e. The minimum Gasteiger partial charge on any atom is -0.434 e. The van der Waals surface area contributed by atoms with E-state index in [4.69, 9.17) is 10.7 Å². The molecule has 1 rings (SSSR count). The normalized spacial score (nSPS) is 11.9. The summed E-state index contributed by atoms with van der Waals surface area (Å²) in [6, 6.07) is 1.25. The Morgan fingerprint density at radius 1 is 1.38 bits per heavy atom. The molecule has 0 fully saturated rings. The van der Waals surface area contributed by atoms with Gasteiger partial charge in [-0.1, -0.05) is 0 Å². The van der Waals surface area contributed by atoms with Gasteiger partial charge >= 0.3 is 6.61 Å². The van der Waals surface area contributed by atoms with Crippen LogP contribution in [0.4, 0.5) is 13.2 Å². The van der Waals surface area contributed by atoms with Crippen LogP contribution in [0.5, 0.6) is 5.75 Å². The average molecular weight is 340 g/mol. The Morgan fingerprint density at radius 3 is 2.38 bits per heavy atom. The van der Waals surface area contributed by atoms with E-state index in [2.05, 4.69) is 20.7 Å². The van der Waals surface area contributed by atoms with Crippen LogP contribution in [-0.2, 0) is 9.05 Å². The van der Waals surface area contributed by atoms with Gasteiger partial charge in [-0.3, -0.25) is 0 Å². The van der Waals surface area contributed by atoms with E-state index in [1.54, 1.807) is 0 Å². The van der Waals surface area contributed by atoms with E-state index >= 15 is 0 Å². The number of halogens is 5. The summed E-state index contributed by atoms with van der Waals surface area (Å²) in [5.41, 5.74) is 0. The van der Waals surface area contributed by atoms with Gasteiger partial charge in [0.2, 0.25) is 0 Å². The minimum atomic E-state index is -4.28. The number of hydrogen-bond acceptors (Lipinski definition) is 3. The SMILES string of the molecule is O=S(=O)(Cl)c1cc(Br)c(OC(F)F)cc1F.